The van der Waals surface area contributed by atoms with Gasteiger partial charge in [-0.1, -0.05) is 51.3 Å². The molecule has 2 amide bonds. The molecular formula is C21H17BrCl2N4O2. The van der Waals surface area contributed by atoms with Crippen molar-refractivity contribution in [2.45, 2.75) is 13.8 Å². The molecule has 0 atom stereocenters. The first kappa shape index (κ1) is 22.1. The van der Waals surface area contributed by atoms with Gasteiger partial charge in [0.2, 0.25) is 0 Å². The predicted molar refractivity (Wildman–Crippen MR) is 124 cm³/mol. The summed E-state index contributed by atoms with van der Waals surface area (Å²) in [5.74, 6) is -1.70. The van der Waals surface area contributed by atoms with Crippen molar-refractivity contribution in [3.8, 4) is 5.69 Å². The predicted octanol–water partition coefficient (Wildman–Crippen LogP) is 5.25. The van der Waals surface area contributed by atoms with Gasteiger partial charge in [-0.25, -0.2) is 5.43 Å². The van der Waals surface area contributed by atoms with Gasteiger partial charge in [0, 0.05) is 27.1 Å². The van der Waals surface area contributed by atoms with Crippen molar-refractivity contribution in [2.24, 2.45) is 5.10 Å². The second-order valence-electron chi connectivity index (χ2n) is 6.40. The topological polar surface area (TPSA) is 75.5 Å². The molecule has 0 aliphatic heterocycles. The van der Waals surface area contributed by atoms with Gasteiger partial charge in [0.25, 0.3) is 0 Å². The SMILES string of the molecule is Cc1cc(/C=N\NC(=O)C(=O)Nc2cccc(Br)c2)c(C)n1-c1cccc(Cl)c1Cl. The molecule has 0 aliphatic rings. The highest BCUT2D eigenvalue weighted by molar-refractivity contribution is 9.10. The van der Waals surface area contributed by atoms with Crippen LogP contribution in [-0.2, 0) is 9.59 Å². The van der Waals surface area contributed by atoms with Crippen LogP contribution in [0.2, 0.25) is 10.0 Å². The average Bonchev–Trinajstić information content (AvgIpc) is 2.97. The highest BCUT2D eigenvalue weighted by Crippen LogP contribution is 2.31. The third kappa shape index (κ3) is 4.92. The van der Waals surface area contributed by atoms with Gasteiger partial charge in [0.15, 0.2) is 0 Å². The minimum atomic E-state index is -0.877. The highest BCUT2D eigenvalue weighted by Gasteiger charge is 2.15. The van der Waals surface area contributed by atoms with Crippen LogP contribution in [0.3, 0.4) is 0 Å². The maximum Gasteiger partial charge on any atom is 0.329 e. The van der Waals surface area contributed by atoms with Gasteiger partial charge in [0.05, 0.1) is 21.9 Å². The summed E-state index contributed by atoms with van der Waals surface area (Å²) in [6.07, 6.45) is 1.47. The first-order valence-corrected chi connectivity index (χ1v) is 10.4. The lowest BCUT2D eigenvalue weighted by Crippen LogP contribution is -2.32. The molecule has 1 aromatic heterocycles. The Bertz CT molecular complexity index is 1160. The first-order valence-electron chi connectivity index (χ1n) is 8.81. The van der Waals surface area contributed by atoms with E-state index in [1.165, 1.54) is 6.21 Å². The number of anilines is 1. The molecule has 30 heavy (non-hydrogen) atoms. The number of carbonyl (C=O) groups is 2. The molecule has 3 aromatic rings. The van der Waals surface area contributed by atoms with Gasteiger partial charge >= 0.3 is 11.8 Å². The summed E-state index contributed by atoms with van der Waals surface area (Å²) in [6.45, 7) is 3.82. The largest absolute Gasteiger partial charge is 0.329 e. The van der Waals surface area contributed by atoms with E-state index in [4.69, 9.17) is 23.2 Å². The second kappa shape index (κ2) is 9.47. The highest BCUT2D eigenvalue weighted by atomic mass is 79.9. The number of carbonyl (C=O) groups excluding carboxylic acids is 2. The van der Waals surface area contributed by atoms with Gasteiger partial charge in [-0.3, -0.25) is 9.59 Å². The lowest BCUT2D eigenvalue weighted by atomic mass is 10.2. The van der Waals surface area contributed by atoms with Crippen LogP contribution >= 0.6 is 39.1 Å². The van der Waals surface area contributed by atoms with E-state index >= 15 is 0 Å². The van der Waals surface area contributed by atoms with E-state index in [0.717, 1.165) is 27.1 Å². The Hall–Kier alpha value is -2.61. The number of nitrogens with one attached hydrogen (secondary N) is 2. The number of amides is 2. The summed E-state index contributed by atoms with van der Waals surface area (Å²) in [6, 6.07) is 14.2. The molecule has 3 rings (SSSR count). The molecule has 9 heteroatoms. The maximum atomic E-state index is 12.0. The van der Waals surface area contributed by atoms with Crippen LogP contribution in [0.5, 0.6) is 0 Å². The quantitative estimate of drug-likeness (QED) is 0.287. The molecule has 1 heterocycles. The molecule has 0 aliphatic carbocycles. The number of nitrogens with zero attached hydrogens (tertiary/aromatic N) is 2. The molecular weight excluding hydrogens is 491 g/mol. The van der Waals surface area contributed by atoms with Crippen LogP contribution in [-0.4, -0.2) is 22.6 Å². The molecule has 2 aromatic carbocycles. The van der Waals surface area contributed by atoms with E-state index in [9.17, 15) is 9.59 Å². The summed E-state index contributed by atoms with van der Waals surface area (Å²) in [7, 11) is 0. The Kier molecular flexibility index (Phi) is 6.97. The molecule has 0 saturated carbocycles. The van der Waals surface area contributed by atoms with Crippen LogP contribution in [0.15, 0.2) is 58.1 Å². The fourth-order valence-electron chi connectivity index (χ4n) is 2.92. The van der Waals surface area contributed by atoms with E-state index in [0.29, 0.717) is 15.7 Å². The van der Waals surface area contributed by atoms with E-state index in [2.05, 4.69) is 31.8 Å². The van der Waals surface area contributed by atoms with E-state index in [1.807, 2.05) is 42.7 Å². The van der Waals surface area contributed by atoms with Crippen LogP contribution in [0.4, 0.5) is 5.69 Å². The monoisotopic (exact) mass is 506 g/mol. The summed E-state index contributed by atoms with van der Waals surface area (Å²) in [4.78, 5) is 24.0. The summed E-state index contributed by atoms with van der Waals surface area (Å²) < 4.78 is 2.73. The lowest BCUT2D eigenvalue weighted by molar-refractivity contribution is -0.136. The third-order valence-electron chi connectivity index (χ3n) is 4.30. The number of rotatable bonds is 4. The molecule has 0 fully saturated rings. The first-order chi connectivity index (χ1) is 14.3. The van der Waals surface area contributed by atoms with Gasteiger partial charge in [-0.05, 0) is 50.2 Å². The Labute approximate surface area is 192 Å². The fraction of sp³-hybridized carbons (Fsp3) is 0.0952. The third-order valence-corrected chi connectivity index (χ3v) is 5.60. The number of hydrogen-bond donors (Lipinski definition) is 2. The number of aromatic nitrogens is 1. The van der Waals surface area contributed by atoms with Gasteiger partial charge < -0.3 is 9.88 Å². The van der Waals surface area contributed by atoms with E-state index < -0.39 is 11.8 Å². The van der Waals surface area contributed by atoms with Crippen LogP contribution < -0.4 is 10.7 Å². The van der Waals surface area contributed by atoms with E-state index in [-0.39, 0.29) is 0 Å². The van der Waals surface area contributed by atoms with Gasteiger partial charge in [-0.15, -0.1) is 0 Å². The van der Waals surface area contributed by atoms with Crippen molar-refractivity contribution in [3.05, 3.63) is 80.0 Å². The lowest BCUT2D eigenvalue weighted by Gasteiger charge is -2.12. The molecule has 154 valence electrons. The second-order valence-corrected chi connectivity index (χ2v) is 8.10. The summed E-state index contributed by atoms with van der Waals surface area (Å²) >= 11 is 15.8. The van der Waals surface area contributed by atoms with Crippen LogP contribution in [0.1, 0.15) is 17.0 Å². The summed E-state index contributed by atoms with van der Waals surface area (Å²) in [5, 5.41) is 7.31. The number of hydrazone groups is 1. The fourth-order valence-corrected chi connectivity index (χ4v) is 3.70. The zero-order valence-corrected chi connectivity index (χ0v) is 19.1. The van der Waals surface area contributed by atoms with Crippen molar-refractivity contribution >= 4 is 62.8 Å². The number of halogens is 3. The Morgan fingerprint density at radius 3 is 2.53 bits per heavy atom. The summed E-state index contributed by atoms with van der Waals surface area (Å²) in [5.41, 5.74) is 6.00. The molecule has 0 saturated heterocycles. The van der Waals surface area contributed by atoms with Crippen LogP contribution in [0, 0.1) is 13.8 Å². The molecule has 0 spiro atoms. The standard InChI is InChI=1S/C21H17BrCl2N4O2/c1-12-9-14(13(2)28(12)18-8-4-7-17(23)19(18)24)11-25-27-21(30)20(29)26-16-6-3-5-15(22)10-16/h3-11H,1-2H3,(H,26,29)(H,27,30)/b25-11-. The van der Waals surface area contributed by atoms with Gasteiger partial charge in [-0.2, -0.15) is 5.10 Å². The zero-order valence-electron chi connectivity index (χ0n) is 16.0. The molecule has 2 N–H and O–H groups in total. The molecule has 0 unspecified atom stereocenters. The Balaban J connectivity index is 1.71. The van der Waals surface area contributed by atoms with Gasteiger partial charge in [0.1, 0.15) is 0 Å². The number of aryl methyl sites for hydroxylation is 1. The minimum absolute atomic E-state index is 0.446. The number of hydrogen-bond acceptors (Lipinski definition) is 3. The van der Waals surface area contributed by atoms with Crippen molar-refractivity contribution in [3.63, 3.8) is 0 Å². The average molecular weight is 508 g/mol. The smallest absolute Gasteiger partial charge is 0.318 e. The molecule has 0 radical (unpaired) electrons. The Morgan fingerprint density at radius 1 is 1.07 bits per heavy atom. The Morgan fingerprint density at radius 2 is 1.80 bits per heavy atom. The zero-order chi connectivity index (χ0) is 21.8. The van der Waals surface area contributed by atoms with Crippen molar-refractivity contribution in [2.75, 3.05) is 5.32 Å². The molecule has 0 bridgehead atoms. The van der Waals surface area contributed by atoms with Crippen molar-refractivity contribution < 1.29 is 9.59 Å². The van der Waals surface area contributed by atoms with Crippen LogP contribution in [0.25, 0.3) is 5.69 Å². The normalized spacial score (nSPS) is 11.0. The van der Waals surface area contributed by atoms with E-state index in [1.54, 1.807) is 24.3 Å². The molecule has 6 nitrogen and oxygen atoms in total. The van der Waals surface area contributed by atoms with Crippen molar-refractivity contribution in [1.29, 1.82) is 0 Å². The minimum Gasteiger partial charge on any atom is -0.318 e. The number of benzene rings is 2. The van der Waals surface area contributed by atoms with Crippen molar-refractivity contribution in [1.82, 2.24) is 9.99 Å². The maximum absolute atomic E-state index is 12.0.